The molecule has 8 heteroatoms. The molecule has 2 aromatic rings. The van der Waals surface area contributed by atoms with Gasteiger partial charge in [-0.3, -0.25) is 14.5 Å². The smallest absolute Gasteiger partial charge is 0.251 e. The Labute approximate surface area is 181 Å². The number of benzene rings is 1. The number of rotatable bonds is 9. The highest BCUT2D eigenvalue weighted by molar-refractivity contribution is 7.09. The third kappa shape index (κ3) is 6.81. The molecule has 0 radical (unpaired) electrons. The molecule has 30 heavy (non-hydrogen) atoms. The van der Waals surface area contributed by atoms with Gasteiger partial charge in [0.25, 0.3) is 5.91 Å². The van der Waals surface area contributed by atoms with Crippen LogP contribution < -0.4 is 15.4 Å². The Morgan fingerprint density at radius 2 is 1.97 bits per heavy atom. The quantitative estimate of drug-likeness (QED) is 0.639. The van der Waals surface area contributed by atoms with E-state index in [1.165, 1.54) is 0 Å². The molecular weight excluding hydrogens is 400 g/mol. The Morgan fingerprint density at radius 3 is 2.60 bits per heavy atom. The maximum Gasteiger partial charge on any atom is 0.251 e. The summed E-state index contributed by atoms with van der Waals surface area (Å²) in [5, 5.41) is 9.02. The molecule has 1 aliphatic heterocycles. The molecule has 1 aliphatic rings. The van der Waals surface area contributed by atoms with E-state index >= 15 is 0 Å². The van der Waals surface area contributed by atoms with Crippen LogP contribution in [0.3, 0.4) is 0 Å². The molecule has 7 nitrogen and oxygen atoms in total. The van der Waals surface area contributed by atoms with Gasteiger partial charge in [0.2, 0.25) is 5.91 Å². The molecule has 1 fully saturated rings. The maximum atomic E-state index is 12.5. The van der Waals surface area contributed by atoms with Gasteiger partial charge in [-0.2, -0.15) is 0 Å². The number of nitrogens with one attached hydrogen (secondary N) is 2. The minimum absolute atomic E-state index is 0.0733. The highest BCUT2D eigenvalue weighted by Crippen LogP contribution is 2.16. The highest BCUT2D eigenvalue weighted by atomic mass is 32.1. The Hall–Kier alpha value is -2.45. The predicted molar refractivity (Wildman–Crippen MR) is 118 cm³/mol. The van der Waals surface area contributed by atoms with E-state index in [-0.39, 0.29) is 17.9 Å². The lowest BCUT2D eigenvalue weighted by molar-refractivity contribution is -0.122. The van der Waals surface area contributed by atoms with E-state index in [1.807, 2.05) is 31.4 Å². The van der Waals surface area contributed by atoms with Crippen molar-refractivity contribution in [1.29, 1.82) is 0 Å². The maximum absolute atomic E-state index is 12.5. The zero-order valence-electron chi connectivity index (χ0n) is 17.6. The second-order valence-corrected chi connectivity index (χ2v) is 8.61. The van der Waals surface area contributed by atoms with Gasteiger partial charge in [0.1, 0.15) is 12.4 Å². The van der Waals surface area contributed by atoms with Crippen molar-refractivity contribution in [3.63, 3.8) is 0 Å². The van der Waals surface area contributed by atoms with Gasteiger partial charge < -0.3 is 15.4 Å². The van der Waals surface area contributed by atoms with Gasteiger partial charge in [-0.15, -0.1) is 11.3 Å². The van der Waals surface area contributed by atoms with E-state index < -0.39 is 0 Å². The number of nitrogens with zero attached hydrogens (tertiary/aromatic N) is 2. The van der Waals surface area contributed by atoms with Crippen molar-refractivity contribution in [3.8, 4) is 5.75 Å². The van der Waals surface area contributed by atoms with Crippen molar-refractivity contribution in [2.24, 2.45) is 0 Å². The SMILES string of the molecule is CCCNC(=O)CN1CCC(NC(=O)c2ccc(OCc3csc(C)n3)cc2)CC1. The van der Waals surface area contributed by atoms with Crippen LogP contribution in [0.15, 0.2) is 29.6 Å². The van der Waals surface area contributed by atoms with E-state index in [0.29, 0.717) is 24.5 Å². The summed E-state index contributed by atoms with van der Waals surface area (Å²) in [5.41, 5.74) is 1.53. The Balaban J connectivity index is 1.40. The zero-order valence-corrected chi connectivity index (χ0v) is 18.5. The second kappa shape index (κ2) is 11.1. The van der Waals surface area contributed by atoms with Crippen molar-refractivity contribution in [1.82, 2.24) is 20.5 Å². The number of aryl methyl sites for hydroxylation is 1. The number of aromatic nitrogens is 1. The molecule has 162 valence electrons. The minimum Gasteiger partial charge on any atom is -0.487 e. The summed E-state index contributed by atoms with van der Waals surface area (Å²) < 4.78 is 5.73. The summed E-state index contributed by atoms with van der Waals surface area (Å²) in [7, 11) is 0. The van der Waals surface area contributed by atoms with E-state index in [9.17, 15) is 9.59 Å². The molecule has 2 amide bonds. The van der Waals surface area contributed by atoms with Crippen LogP contribution in [0.2, 0.25) is 0 Å². The topological polar surface area (TPSA) is 83.6 Å². The van der Waals surface area contributed by atoms with E-state index in [4.69, 9.17) is 4.74 Å². The lowest BCUT2D eigenvalue weighted by Gasteiger charge is -2.31. The van der Waals surface area contributed by atoms with Gasteiger partial charge in [-0.1, -0.05) is 6.92 Å². The minimum atomic E-state index is -0.0733. The van der Waals surface area contributed by atoms with Gasteiger partial charge >= 0.3 is 0 Å². The van der Waals surface area contributed by atoms with Crippen LogP contribution in [0, 0.1) is 6.92 Å². The molecule has 2 N–H and O–H groups in total. The summed E-state index contributed by atoms with van der Waals surface area (Å²) in [6.45, 7) is 7.21. The van der Waals surface area contributed by atoms with Gasteiger partial charge in [-0.05, 0) is 50.5 Å². The molecule has 3 rings (SSSR count). The van der Waals surface area contributed by atoms with Crippen LogP contribution in [0.4, 0.5) is 0 Å². The Morgan fingerprint density at radius 1 is 1.23 bits per heavy atom. The fraction of sp³-hybridized carbons (Fsp3) is 0.500. The van der Waals surface area contributed by atoms with E-state index in [2.05, 4.69) is 20.5 Å². The van der Waals surface area contributed by atoms with Gasteiger partial charge in [0, 0.05) is 36.6 Å². The summed E-state index contributed by atoms with van der Waals surface area (Å²) in [5.74, 6) is 0.717. The summed E-state index contributed by atoms with van der Waals surface area (Å²) >= 11 is 1.60. The number of ether oxygens (including phenoxy) is 1. The van der Waals surface area contributed by atoms with Crippen LogP contribution in [0.1, 0.15) is 47.2 Å². The zero-order chi connectivity index (χ0) is 21.3. The molecular formula is C22H30N4O3S. The predicted octanol–water partition coefficient (Wildman–Crippen LogP) is 2.75. The molecule has 0 unspecified atom stereocenters. The third-order valence-electron chi connectivity index (χ3n) is 5.03. The summed E-state index contributed by atoms with van der Waals surface area (Å²) in [6, 6.07) is 7.32. The number of carbonyl (C=O) groups excluding carboxylic acids is 2. The van der Waals surface area contributed by atoms with Crippen molar-refractivity contribution in [3.05, 3.63) is 45.9 Å². The number of likely N-dealkylation sites (tertiary alicyclic amines) is 1. The van der Waals surface area contributed by atoms with Crippen LogP contribution >= 0.6 is 11.3 Å². The van der Waals surface area contributed by atoms with E-state index in [1.54, 1.807) is 23.5 Å². The number of amides is 2. The first-order valence-electron chi connectivity index (χ1n) is 10.5. The lowest BCUT2D eigenvalue weighted by Crippen LogP contribution is -2.47. The average molecular weight is 431 g/mol. The summed E-state index contributed by atoms with van der Waals surface area (Å²) in [6.07, 6.45) is 2.64. The van der Waals surface area contributed by atoms with Crippen molar-refractivity contribution in [2.75, 3.05) is 26.2 Å². The fourth-order valence-electron chi connectivity index (χ4n) is 3.36. The van der Waals surface area contributed by atoms with Crippen molar-refractivity contribution in [2.45, 2.75) is 45.8 Å². The van der Waals surface area contributed by atoms with Gasteiger partial charge in [-0.25, -0.2) is 4.98 Å². The first-order chi connectivity index (χ1) is 14.5. The highest BCUT2D eigenvalue weighted by Gasteiger charge is 2.22. The number of hydrogen-bond acceptors (Lipinski definition) is 6. The standard InChI is InChI=1S/C22H30N4O3S/c1-3-10-23-21(27)13-26-11-8-18(9-12-26)25-22(28)17-4-6-20(7-5-17)29-14-19-15-30-16(2)24-19/h4-7,15,18H,3,8-14H2,1-2H3,(H,23,27)(H,25,28). The summed E-state index contributed by atoms with van der Waals surface area (Å²) in [4.78, 5) is 30.9. The largest absolute Gasteiger partial charge is 0.487 e. The normalized spacial score (nSPS) is 15.0. The molecule has 0 saturated carbocycles. The van der Waals surface area contributed by atoms with E-state index in [0.717, 1.165) is 49.6 Å². The Kier molecular flexibility index (Phi) is 8.21. The molecule has 1 saturated heterocycles. The molecule has 1 aromatic heterocycles. The number of thiazole rings is 1. The van der Waals surface area contributed by atoms with Crippen LogP contribution in [-0.4, -0.2) is 53.9 Å². The van der Waals surface area contributed by atoms with Gasteiger partial charge in [0.15, 0.2) is 0 Å². The number of carbonyl (C=O) groups is 2. The fourth-order valence-corrected chi connectivity index (χ4v) is 3.96. The number of piperidine rings is 1. The average Bonchev–Trinajstić information content (AvgIpc) is 3.17. The molecule has 0 bridgehead atoms. The molecule has 2 heterocycles. The van der Waals surface area contributed by atoms with Crippen LogP contribution in [0.25, 0.3) is 0 Å². The monoisotopic (exact) mass is 430 g/mol. The van der Waals surface area contributed by atoms with Crippen LogP contribution in [-0.2, 0) is 11.4 Å². The van der Waals surface area contributed by atoms with Crippen LogP contribution in [0.5, 0.6) is 5.75 Å². The molecule has 0 atom stereocenters. The van der Waals surface area contributed by atoms with Crippen molar-refractivity contribution < 1.29 is 14.3 Å². The van der Waals surface area contributed by atoms with Gasteiger partial charge in [0.05, 0.1) is 17.2 Å². The lowest BCUT2D eigenvalue weighted by atomic mass is 10.0. The first kappa shape index (κ1) is 22.2. The molecule has 0 spiro atoms. The van der Waals surface area contributed by atoms with Crippen molar-refractivity contribution >= 4 is 23.2 Å². The molecule has 1 aromatic carbocycles. The number of hydrogen-bond donors (Lipinski definition) is 2. The third-order valence-corrected chi connectivity index (χ3v) is 5.85. The molecule has 0 aliphatic carbocycles. The Bertz CT molecular complexity index is 829. The second-order valence-electron chi connectivity index (χ2n) is 7.54. The first-order valence-corrected chi connectivity index (χ1v) is 11.3.